The molecule has 0 aromatic carbocycles. The van der Waals surface area contributed by atoms with Gasteiger partial charge in [-0.1, -0.05) is 6.42 Å². The lowest BCUT2D eigenvalue weighted by molar-refractivity contribution is -0.122. The van der Waals surface area contributed by atoms with Crippen LogP contribution in [-0.2, 0) is 11.3 Å². The van der Waals surface area contributed by atoms with E-state index in [9.17, 15) is 9.59 Å². The zero-order chi connectivity index (χ0) is 17.2. The van der Waals surface area contributed by atoms with Crippen molar-refractivity contribution in [1.82, 2.24) is 19.8 Å². The first-order valence-corrected chi connectivity index (χ1v) is 10.0. The van der Waals surface area contributed by atoms with Crippen molar-refractivity contribution >= 4 is 27.5 Å². The quantitative estimate of drug-likeness (QED) is 0.903. The second-order valence-corrected chi connectivity index (χ2v) is 8.03. The van der Waals surface area contributed by atoms with Crippen LogP contribution in [0.3, 0.4) is 0 Å². The van der Waals surface area contributed by atoms with E-state index in [1.807, 2.05) is 11.4 Å². The Morgan fingerprint density at radius 3 is 3.08 bits per heavy atom. The molecule has 4 heterocycles. The molecule has 2 unspecified atom stereocenters. The van der Waals surface area contributed by atoms with Crippen LogP contribution in [0.1, 0.15) is 32.1 Å². The molecule has 2 aromatic heterocycles. The fourth-order valence-corrected chi connectivity index (χ4v) is 5.06. The van der Waals surface area contributed by atoms with E-state index in [1.165, 1.54) is 67.4 Å². The molecule has 0 spiro atoms. The Morgan fingerprint density at radius 1 is 1.28 bits per heavy atom. The van der Waals surface area contributed by atoms with Gasteiger partial charge in [0.2, 0.25) is 5.91 Å². The van der Waals surface area contributed by atoms with Crippen molar-refractivity contribution in [3.63, 3.8) is 0 Å². The van der Waals surface area contributed by atoms with Crippen molar-refractivity contribution in [2.45, 2.75) is 44.7 Å². The van der Waals surface area contributed by atoms with Gasteiger partial charge in [-0.05, 0) is 56.1 Å². The summed E-state index contributed by atoms with van der Waals surface area (Å²) < 4.78 is 2.02. The normalized spacial score (nSPS) is 24.2. The van der Waals surface area contributed by atoms with Crippen molar-refractivity contribution in [3.8, 4) is 0 Å². The molecular weight excluding hydrogens is 336 g/mol. The number of aromatic nitrogens is 2. The number of carbonyl (C=O) groups is 1. The van der Waals surface area contributed by atoms with Gasteiger partial charge in [-0.15, -0.1) is 11.3 Å². The molecule has 134 valence electrons. The number of nitrogens with one attached hydrogen (secondary N) is 1. The standard InChI is InChI=1S/C18H24N4O2S/c23-16(11-22-12-20-14-6-9-25-17(14)18(22)24)19-10-13-4-3-8-21-7-2-1-5-15(13)21/h6,9,12-13,15H,1-5,7-8,10-11H2,(H,19,23). The number of carbonyl (C=O) groups excluding carboxylic acids is 1. The summed E-state index contributed by atoms with van der Waals surface area (Å²) in [6.45, 7) is 3.16. The Bertz CT molecular complexity index is 813. The Morgan fingerprint density at radius 2 is 2.16 bits per heavy atom. The number of hydrogen-bond acceptors (Lipinski definition) is 5. The Kier molecular flexibility index (Phi) is 4.85. The zero-order valence-electron chi connectivity index (χ0n) is 14.3. The molecule has 4 rings (SSSR count). The Balaban J connectivity index is 1.37. The number of rotatable bonds is 4. The van der Waals surface area contributed by atoms with Gasteiger partial charge >= 0.3 is 0 Å². The molecule has 0 saturated carbocycles. The minimum Gasteiger partial charge on any atom is -0.354 e. The summed E-state index contributed by atoms with van der Waals surface area (Å²) in [4.78, 5) is 31.5. The number of nitrogens with zero attached hydrogens (tertiary/aromatic N) is 3. The van der Waals surface area contributed by atoms with Crippen LogP contribution in [0.25, 0.3) is 10.2 Å². The van der Waals surface area contributed by atoms with Crippen LogP contribution < -0.4 is 10.9 Å². The van der Waals surface area contributed by atoms with Crippen molar-refractivity contribution < 1.29 is 4.79 Å². The van der Waals surface area contributed by atoms with Crippen molar-refractivity contribution in [3.05, 3.63) is 28.1 Å². The van der Waals surface area contributed by atoms with E-state index < -0.39 is 0 Å². The van der Waals surface area contributed by atoms with E-state index in [0.29, 0.717) is 28.7 Å². The first kappa shape index (κ1) is 16.7. The molecule has 2 atom stereocenters. The molecule has 1 amide bonds. The lowest BCUT2D eigenvalue weighted by Gasteiger charge is -2.44. The highest BCUT2D eigenvalue weighted by atomic mass is 32.1. The number of piperidine rings is 2. The molecule has 2 aromatic rings. The zero-order valence-corrected chi connectivity index (χ0v) is 15.1. The fourth-order valence-electron chi connectivity index (χ4n) is 4.26. The van der Waals surface area contributed by atoms with E-state index in [1.54, 1.807) is 0 Å². The molecular formula is C18H24N4O2S. The highest BCUT2D eigenvalue weighted by Gasteiger charge is 2.32. The van der Waals surface area contributed by atoms with Crippen LogP contribution in [0.15, 0.2) is 22.6 Å². The first-order chi connectivity index (χ1) is 12.2. The molecule has 2 saturated heterocycles. The predicted molar refractivity (Wildman–Crippen MR) is 98.8 cm³/mol. The molecule has 7 heteroatoms. The minimum absolute atomic E-state index is 0.0424. The third kappa shape index (κ3) is 3.48. The fraction of sp³-hybridized carbons (Fsp3) is 0.611. The van der Waals surface area contributed by atoms with Crippen LogP contribution >= 0.6 is 11.3 Å². The minimum atomic E-state index is -0.133. The van der Waals surface area contributed by atoms with E-state index in [4.69, 9.17) is 0 Å². The topological polar surface area (TPSA) is 67.2 Å². The highest BCUT2D eigenvalue weighted by molar-refractivity contribution is 7.17. The van der Waals surface area contributed by atoms with E-state index in [0.717, 1.165) is 0 Å². The van der Waals surface area contributed by atoms with Crippen LogP contribution in [0.2, 0.25) is 0 Å². The lowest BCUT2D eigenvalue weighted by atomic mass is 9.83. The second kappa shape index (κ2) is 7.25. The highest BCUT2D eigenvalue weighted by Crippen LogP contribution is 2.30. The van der Waals surface area contributed by atoms with Crippen LogP contribution in [0.4, 0.5) is 0 Å². The maximum Gasteiger partial charge on any atom is 0.271 e. The summed E-state index contributed by atoms with van der Waals surface area (Å²) in [6.07, 6.45) is 7.73. The van der Waals surface area contributed by atoms with Gasteiger partial charge < -0.3 is 10.2 Å². The van der Waals surface area contributed by atoms with E-state index in [2.05, 4.69) is 15.2 Å². The molecule has 25 heavy (non-hydrogen) atoms. The monoisotopic (exact) mass is 360 g/mol. The molecule has 2 aliphatic heterocycles. The molecule has 2 fully saturated rings. The van der Waals surface area contributed by atoms with Gasteiger partial charge in [0, 0.05) is 12.6 Å². The molecule has 2 aliphatic rings. The number of thiophene rings is 1. The maximum atomic E-state index is 12.4. The largest absolute Gasteiger partial charge is 0.354 e. The van der Waals surface area contributed by atoms with E-state index >= 15 is 0 Å². The number of hydrogen-bond donors (Lipinski definition) is 1. The summed E-state index contributed by atoms with van der Waals surface area (Å²) >= 11 is 1.37. The molecule has 0 bridgehead atoms. The summed E-state index contributed by atoms with van der Waals surface area (Å²) in [6, 6.07) is 2.44. The van der Waals surface area contributed by atoms with Gasteiger partial charge in [-0.3, -0.25) is 14.2 Å². The second-order valence-electron chi connectivity index (χ2n) is 7.12. The summed E-state index contributed by atoms with van der Waals surface area (Å²) in [7, 11) is 0. The average Bonchev–Trinajstić information content (AvgIpc) is 3.12. The average molecular weight is 360 g/mol. The smallest absolute Gasteiger partial charge is 0.271 e. The Labute approximate surface area is 150 Å². The van der Waals surface area contributed by atoms with Gasteiger partial charge in [0.15, 0.2) is 0 Å². The third-order valence-corrected chi connectivity index (χ3v) is 6.43. The van der Waals surface area contributed by atoms with Crippen LogP contribution in [0.5, 0.6) is 0 Å². The molecule has 0 radical (unpaired) electrons. The number of amides is 1. The Hall–Kier alpha value is -1.73. The SMILES string of the molecule is O=C(Cn1cnc2ccsc2c1=O)NCC1CCCN2CCCCC12. The van der Waals surface area contributed by atoms with Gasteiger partial charge in [0.25, 0.3) is 5.56 Å². The predicted octanol–water partition coefficient (Wildman–Crippen LogP) is 1.84. The van der Waals surface area contributed by atoms with Crippen molar-refractivity contribution in [1.29, 1.82) is 0 Å². The van der Waals surface area contributed by atoms with Crippen molar-refractivity contribution in [2.24, 2.45) is 5.92 Å². The van der Waals surface area contributed by atoms with Crippen LogP contribution in [0, 0.1) is 5.92 Å². The third-order valence-electron chi connectivity index (χ3n) is 5.54. The lowest BCUT2D eigenvalue weighted by Crippen LogP contribution is -2.51. The van der Waals surface area contributed by atoms with Gasteiger partial charge in [0.05, 0.1) is 11.8 Å². The van der Waals surface area contributed by atoms with Crippen molar-refractivity contribution in [2.75, 3.05) is 19.6 Å². The number of fused-ring (bicyclic) bond motifs is 2. The summed E-state index contributed by atoms with van der Waals surface area (Å²) in [5.74, 6) is 0.431. The summed E-state index contributed by atoms with van der Waals surface area (Å²) in [5, 5.41) is 4.90. The summed E-state index contributed by atoms with van der Waals surface area (Å²) in [5.41, 5.74) is 0.567. The van der Waals surface area contributed by atoms with Gasteiger partial charge in [0.1, 0.15) is 11.2 Å². The van der Waals surface area contributed by atoms with Gasteiger partial charge in [-0.25, -0.2) is 4.98 Å². The van der Waals surface area contributed by atoms with E-state index in [-0.39, 0.29) is 18.0 Å². The molecule has 1 N–H and O–H groups in total. The molecule has 6 nitrogen and oxygen atoms in total. The van der Waals surface area contributed by atoms with Gasteiger partial charge in [-0.2, -0.15) is 0 Å². The molecule has 0 aliphatic carbocycles. The first-order valence-electron chi connectivity index (χ1n) is 9.16. The van der Waals surface area contributed by atoms with Crippen LogP contribution in [-0.4, -0.2) is 46.0 Å². The maximum absolute atomic E-state index is 12.4.